The van der Waals surface area contributed by atoms with Gasteiger partial charge in [0.2, 0.25) is 0 Å². The Bertz CT molecular complexity index is 365. The van der Waals surface area contributed by atoms with Crippen LogP contribution in [-0.4, -0.2) is 33.8 Å². The van der Waals surface area contributed by atoms with Crippen molar-refractivity contribution in [2.24, 2.45) is 0 Å². The maximum absolute atomic E-state index is 11.2. The van der Waals surface area contributed by atoms with Crippen LogP contribution in [-0.2, 0) is 10.8 Å². The Labute approximate surface area is 99.3 Å². The fourth-order valence-electron chi connectivity index (χ4n) is 1.79. The topological polar surface area (TPSA) is 33.2 Å². The highest BCUT2D eigenvalue weighted by Crippen LogP contribution is 2.18. The molecule has 2 heterocycles. The largest absolute Gasteiger partial charge is 0.355 e. The Morgan fingerprint density at radius 1 is 1.31 bits per heavy atom. The van der Waals surface area contributed by atoms with E-state index >= 15 is 0 Å². The summed E-state index contributed by atoms with van der Waals surface area (Å²) in [6.07, 6.45) is 1.95. The fourth-order valence-corrected chi connectivity index (χ4v) is 2.85. The van der Waals surface area contributed by atoms with E-state index in [0.717, 1.165) is 30.4 Å². The van der Waals surface area contributed by atoms with Crippen molar-refractivity contribution in [3.05, 3.63) is 23.9 Å². The van der Waals surface area contributed by atoms with Crippen LogP contribution in [0.4, 0.5) is 5.82 Å². The summed E-state index contributed by atoms with van der Waals surface area (Å²) in [5.74, 6) is 3.08. The predicted molar refractivity (Wildman–Crippen MR) is 68.4 cm³/mol. The van der Waals surface area contributed by atoms with Gasteiger partial charge in [0.25, 0.3) is 0 Å². The molecule has 1 aliphatic heterocycles. The van der Waals surface area contributed by atoms with Gasteiger partial charge in [-0.15, -0.1) is 0 Å². The van der Waals surface area contributed by atoms with Crippen molar-refractivity contribution >= 4 is 16.6 Å². The molecular weight excluding hydrogens is 220 g/mol. The average molecular weight is 238 g/mol. The molecule has 0 spiro atoms. The molecule has 1 saturated heterocycles. The third kappa shape index (κ3) is 2.61. The van der Waals surface area contributed by atoms with Gasteiger partial charge in [-0.05, 0) is 17.5 Å². The summed E-state index contributed by atoms with van der Waals surface area (Å²) in [5, 5.41) is 0. The molecule has 0 atom stereocenters. The van der Waals surface area contributed by atoms with Gasteiger partial charge in [0, 0.05) is 41.6 Å². The smallest absolute Gasteiger partial charge is 0.128 e. The minimum absolute atomic E-state index is 0.524. The van der Waals surface area contributed by atoms with Crippen molar-refractivity contribution in [2.75, 3.05) is 29.5 Å². The van der Waals surface area contributed by atoms with Crippen molar-refractivity contribution in [1.82, 2.24) is 4.98 Å². The van der Waals surface area contributed by atoms with Crippen molar-refractivity contribution in [3.63, 3.8) is 0 Å². The van der Waals surface area contributed by atoms with Crippen LogP contribution in [0.2, 0.25) is 0 Å². The Morgan fingerprint density at radius 3 is 2.50 bits per heavy atom. The van der Waals surface area contributed by atoms with Gasteiger partial charge in [-0.1, -0.05) is 19.9 Å². The number of nitrogens with zero attached hydrogens (tertiary/aromatic N) is 2. The normalized spacial score (nSPS) is 18.1. The summed E-state index contributed by atoms with van der Waals surface area (Å²) in [7, 11) is -0.616. The third-order valence-electron chi connectivity index (χ3n) is 2.94. The Balaban J connectivity index is 2.07. The van der Waals surface area contributed by atoms with Crippen molar-refractivity contribution < 1.29 is 4.21 Å². The van der Waals surface area contributed by atoms with E-state index in [1.165, 1.54) is 5.56 Å². The summed E-state index contributed by atoms with van der Waals surface area (Å²) in [6, 6.07) is 4.21. The minimum atomic E-state index is -0.616. The molecule has 2 rings (SSSR count). The van der Waals surface area contributed by atoms with Gasteiger partial charge in [-0.2, -0.15) is 0 Å². The van der Waals surface area contributed by atoms with Crippen LogP contribution in [0, 0.1) is 0 Å². The third-order valence-corrected chi connectivity index (χ3v) is 4.21. The summed E-state index contributed by atoms with van der Waals surface area (Å²) >= 11 is 0. The van der Waals surface area contributed by atoms with Crippen molar-refractivity contribution in [3.8, 4) is 0 Å². The van der Waals surface area contributed by atoms with E-state index < -0.39 is 10.8 Å². The van der Waals surface area contributed by atoms with Gasteiger partial charge >= 0.3 is 0 Å². The average Bonchev–Trinajstić information content (AvgIpc) is 2.30. The van der Waals surface area contributed by atoms with Gasteiger partial charge in [-0.25, -0.2) is 4.98 Å². The zero-order valence-corrected chi connectivity index (χ0v) is 10.7. The molecule has 4 heteroatoms. The second-order valence-corrected chi connectivity index (χ2v) is 6.14. The zero-order chi connectivity index (χ0) is 11.5. The van der Waals surface area contributed by atoms with E-state index in [4.69, 9.17) is 0 Å². The lowest BCUT2D eigenvalue weighted by atomic mass is 10.1. The first-order valence-electron chi connectivity index (χ1n) is 5.72. The van der Waals surface area contributed by atoms with Gasteiger partial charge < -0.3 is 4.90 Å². The van der Waals surface area contributed by atoms with Crippen molar-refractivity contribution in [1.29, 1.82) is 0 Å². The standard InChI is InChI=1S/C12H18N2OS/c1-10(2)11-3-4-12(13-9-11)14-5-7-16(15)8-6-14/h3-4,9-10H,5-8H2,1-2H3. The Kier molecular flexibility index (Phi) is 3.59. The maximum Gasteiger partial charge on any atom is 0.128 e. The highest BCUT2D eigenvalue weighted by molar-refractivity contribution is 7.85. The lowest BCUT2D eigenvalue weighted by Gasteiger charge is -2.27. The predicted octanol–water partition coefficient (Wildman–Crippen LogP) is 1.77. The summed E-state index contributed by atoms with van der Waals surface area (Å²) < 4.78 is 11.2. The highest BCUT2D eigenvalue weighted by atomic mass is 32.2. The van der Waals surface area contributed by atoms with E-state index in [2.05, 4.69) is 35.9 Å². The van der Waals surface area contributed by atoms with Crippen LogP contribution in [0.25, 0.3) is 0 Å². The number of rotatable bonds is 2. The molecule has 0 aromatic carbocycles. The number of hydrogen-bond donors (Lipinski definition) is 0. The maximum atomic E-state index is 11.2. The highest BCUT2D eigenvalue weighted by Gasteiger charge is 2.16. The first-order valence-corrected chi connectivity index (χ1v) is 7.21. The number of aromatic nitrogens is 1. The second-order valence-electron chi connectivity index (χ2n) is 4.44. The van der Waals surface area contributed by atoms with Gasteiger partial charge in [-0.3, -0.25) is 4.21 Å². The van der Waals surface area contributed by atoms with Gasteiger partial charge in [0.1, 0.15) is 5.82 Å². The van der Waals surface area contributed by atoms with Gasteiger partial charge in [0.15, 0.2) is 0 Å². The molecule has 3 nitrogen and oxygen atoms in total. The molecule has 0 unspecified atom stereocenters. The van der Waals surface area contributed by atoms with E-state index in [9.17, 15) is 4.21 Å². The molecule has 0 radical (unpaired) electrons. The van der Waals surface area contributed by atoms with Crippen LogP contribution >= 0.6 is 0 Å². The van der Waals surface area contributed by atoms with E-state index in [0.29, 0.717) is 5.92 Å². The van der Waals surface area contributed by atoms with Crippen LogP contribution < -0.4 is 4.90 Å². The van der Waals surface area contributed by atoms with E-state index in [1.54, 1.807) is 0 Å². The molecule has 1 aliphatic rings. The molecule has 0 saturated carbocycles. The summed E-state index contributed by atoms with van der Waals surface area (Å²) in [6.45, 7) is 6.06. The molecule has 88 valence electrons. The lowest BCUT2D eigenvalue weighted by Crippen LogP contribution is -2.38. The molecule has 0 amide bonds. The molecule has 0 N–H and O–H groups in total. The molecule has 16 heavy (non-hydrogen) atoms. The summed E-state index contributed by atoms with van der Waals surface area (Å²) in [5.41, 5.74) is 1.27. The quantitative estimate of drug-likeness (QED) is 0.787. The lowest BCUT2D eigenvalue weighted by molar-refractivity contribution is 0.672. The second kappa shape index (κ2) is 4.95. The van der Waals surface area contributed by atoms with E-state index in [-0.39, 0.29) is 0 Å². The monoisotopic (exact) mass is 238 g/mol. The molecule has 0 bridgehead atoms. The molecular formula is C12H18N2OS. The van der Waals surface area contributed by atoms with Crippen LogP contribution in [0.5, 0.6) is 0 Å². The molecule has 0 aliphatic carbocycles. The minimum Gasteiger partial charge on any atom is -0.355 e. The van der Waals surface area contributed by atoms with Crippen LogP contribution in [0.15, 0.2) is 18.3 Å². The first-order chi connectivity index (χ1) is 7.66. The van der Waals surface area contributed by atoms with Crippen LogP contribution in [0.3, 0.4) is 0 Å². The first kappa shape index (κ1) is 11.6. The van der Waals surface area contributed by atoms with Gasteiger partial charge in [0.05, 0.1) is 0 Å². The number of anilines is 1. The number of hydrogen-bond acceptors (Lipinski definition) is 3. The Hall–Kier alpha value is -0.900. The van der Waals surface area contributed by atoms with Crippen LogP contribution in [0.1, 0.15) is 25.3 Å². The SMILES string of the molecule is CC(C)c1ccc(N2CCS(=O)CC2)nc1. The molecule has 1 fully saturated rings. The zero-order valence-electron chi connectivity index (χ0n) is 9.85. The van der Waals surface area contributed by atoms with Crippen molar-refractivity contribution in [2.45, 2.75) is 19.8 Å². The summed E-state index contributed by atoms with van der Waals surface area (Å²) in [4.78, 5) is 6.69. The van der Waals surface area contributed by atoms with E-state index in [1.807, 2.05) is 6.20 Å². The fraction of sp³-hybridized carbons (Fsp3) is 0.583. The molecule has 1 aromatic rings. The Morgan fingerprint density at radius 2 is 2.00 bits per heavy atom. The number of pyridine rings is 1. The molecule has 1 aromatic heterocycles.